The Morgan fingerprint density at radius 2 is 1.62 bits per heavy atom. The van der Waals surface area contributed by atoms with Crippen molar-refractivity contribution < 1.29 is 0 Å². The molecule has 0 spiro atoms. The Labute approximate surface area is 81.1 Å². The summed E-state index contributed by atoms with van der Waals surface area (Å²) >= 11 is 0. The van der Waals surface area contributed by atoms with Gasteiger partial charge in [0, 0.05) is 5.54 Å². The fraction of sp³-hybridized carbons (Fsp3) is 1.00. The monoisotopic (exact) mass is 179 g/mol. The summed E-state index contributed by atoms with van der Waals surface area (Å²) in [5.41, 5.74) is 8.06. The number of rotatable bonds is 3. The zero-order valence-electron chi connectivity index (χ0n) is 8.73. The Kier molecular flexibility index (Phi) is 1.36. The molecule has 0 heterocycles. The number of hydrogen-bond acceptors (Lipinski definition) is 1. The smallest absolute Gasteiger partial charge is 0.0218 e. The highest BCUT2D eigenvalue weighted by atomic mass is 14.9. The van der Waals surface area contributed by atoms with Crippen LogP contribution < -0.4 is 5.73 Å². The van der Waals surface area contributed by atoms with Crippen LogP contribution in [0.3, 0.4) is 0 Å². The van der Waals surface area contributed by atoms with Gasteiger partial charge in [0.05, 0.1) is 0 Å². The summed E-state index contributed by atoms with van der Waals surface area (Å²) in [6.07, 6.45) is 11.3. The molecule has 1 nitrogen and oxygen atoms in total. The van der Waals surface area contributed by atoms with Gasteiger partial charge in [0.25, 0.3) is 0 Å². The van der Waals surface area contributed by atoms with Crippen LogP contribution in [0.2, 0.25) is 0 Å². The van der Waals surface area contributed by atoms with Gasteiger partial charge in [-0.15, -0.1) is 0 Å². The van der Waals surface area contributed by atoms with Crippen LogP contribution in [0.5, 0.6) is 0 Å². The molecule has 0 aromatic rings. The van der Waals surface area contributed by atoms with E-state index in [1.165, 1.54) is 51.4 Å². The molecule has 0 atom stereocenters. The van der Waals surface area contributed by atoms with E-state index in [-0.39, 0.29) is 0 Å². The average molecular weight is 179 g/mol. The van der Waals surface area contributed by atoms with E-state index in [2.05, 4.69) is 6.92 Å². The van der Waals surface area contributed by atoms with Crippen LogP contribution in [0.15, 0.2) is 0 Å². The minimum atomic E-state index is 0.295. The SMILES string of the molecule is CCC1(C2(C3(N)CC3)CC2)CCC1. The Bertz CT molecular complexity index is 226. The number of hydrogen-bond donors (Lipinski definition) is 1. The summed E-state index contributed by atoms with van der Waals surface area (Å²) in [5.74, 6) is 0. The normalized spacial score (nSPS) is 36.5. The Morgan fingerprint density at radius 3 is 1.85 bits per heavy atom. The maximum absolute atomic E-state index is 6.46. The van der Waals surface area contributed by atoms with E-state index in [0.717, 1.165) is 0 Å². The van der Waals surface area contributed by atoms with Crippen molar-refractivity contribution in [2.75, 3.05) is 0 Å². The van der Waals surface area contributed by atoms with Crippen LogP contribution in [-0.2, 0) is 0 Å². The lowest BCUT2D eigenvalue weighted by Crippen LogP contribution is -2.49. The van der Waals surface area contributed by atoms with Crippen molar-refractivity contribution in [3.63, 3.8) is 0 Å². The molecule has 13 heavy (non-hydrogen) atoms. The van der Waals surface area contributed by atoms with E-state index in [0.29, 0.717) is 16.4 Å². The second-order valence-corrected chi connectivity index (χ2v) is 5.73. The van der Waals surface area contributed by atoms with Crippen LogP contribution >= 0.6 is 0 Å². The molecule has 0 aliphatic heterocycles. The van der Waals surface area contributed by atoms with Gasteiger partial charge in [-0.05, 0) is 55.8 Å². The minimum absolute atomic E-state index is 0.295. The van der Waals surface area contributed by atoms with Crippen molar-refractivity contribution >= 4 is 0 Å². The molecular formula is C12H21N. The van der Waals surface area contributed by atoms with Crippen LogP contribution in [0.4, 0.5) is 0 Å². The second kappa shape index (κ2) is 2.13. The third kappa shape index (κ3) is 0.782. The second-order valence-electron chi connectivity index (χ2n) is 5.73. The van der Waals surface area contributed by atoms with Crippen molar-refractivity contribution in [2.45, 2.75) is 63.8 Å². The van der Waals surface area contributed by atoms with Gasteiger partial charge >= 0.3 is 0 Å². The zero-order valence-corrected chi connectivity index (χ0v) is 8.73. The Hall–Kier alpha value is -0.0400. The molecule has 0 aromatic carbocycles. The summed E-state index contributed by atoms with van der Waals surface area (Å²) in [6, 6.07) is 0. The molecule has 3 aliphatic carbocycles. The largest absolute Gasteiger partial charge is 0.325 e. The van der Waals surface area contributed by atoms with Crippen molar-refractivity contribution in [2.24, 2.45) is 16.6 Å². The maximum Gasteiger partial charge on any atom is 0.0218 e. The highest BCUT2D eigenvalue weighted by Crippen LogP contribution is 2.76. The fourth-order valence-corrected chi connectivity index (χ4v) is 4.07. The van der Waals surface area contributed by atoms with Gasteiger partial charge in [0.1, 0.15) is 0 Å². The molecule has 3 aliphatic rings. The predicted octanol–water partition coefficient (Wildman–Crippen LogP) is 2.84. The van der Waals surface area contributed by atoms with Gasteiger partial charge in [-0.25, -0.2) is 0 Å². The van der Waals surface area contributed by atoms with Gasteiger partial charge in [0.15, 0.2) is 0 Å². The first-order chi connectivity index (χ1) is 6.18. The van der Waals surface area contributed by atoms with Crippen LogP contribution in [0.1, 0.15) is 58.3 Å². The first kappa shape index (κ1) is 8.28. The lowest BCUT2D eigenvalue weighted by Gasteiger charge is -2.51. The zero-order chi connectivity index (χ0) is 9.16. The predicted molar refractivity (Wildman–Crippen MR) is 54.4 cm³/mol. The molecule has 3 rings (SSSR count). The van der Waals surface area contributed by atoms with Crippen molar-refractivity contribution in [1.29, 1.82) is 0 Å². The highest BCUT2D eigenvalue weighted by molar-refractivity contribution is 5.26. The van der Waals surface area contributed by atoms with E-state index >= 15 is 0 Å². The van der Waals surface area contributed by atoms with E-state index < -0.39 is 0 Å². The molecule has 3 fully saturated rings. The molecule has 0 amide bonds. The Morgan fingerprint density at radius 1 is 1.00 bits per heavy atom. The van der Waals surface area contributed by atoms with Crippen LogP contribution in [-0.4, -0.2) is 5.54 Å². The summed E-state index contributed by atoms with van der Waals surface area (Å²) < 4.78 is 0. The number of nitrogens with two attached hydrogens (primary N) is 1. The van der Waals surface area contributed by atoms with Gasteiger partial charge in [0.2, 0.25) is 0 Å². The maximum atomic E-state index is 6.46. The quantitative estimate of drug-likeness (QED) is 0.708. The summed E-state index contributed by atoms with van der Waals surface area (Å²) in [4.78, 5) is 0. The first-order valence-electron chi connectivity index (χ1n) is 5.97. The van der Waals surface area contributed by atoms with Crippen molar-refractivity contribution in [1.82, 2.24) is 0 Å². The third-order valence-electron chi connectivity index (χ3n) is 5.49. The first-order valence-corrected chi connectivity index (χ1v) is 5.97. The molecule has 0 radical (unpaired) electrons. The topological polar surface area (TPSA) is 26.0 Å². The Balaban J connectivity index is 1.90. The lowest BCUT2D eigenvalue weighted by molar-refractivity contribution is 0.00233. The highest BCUT2D eigenvalue weighted by Gasteiger charge is 2.72. The fourth-order valence-electron chi connectivity index (χ4n) is 4.07. The van der Waals surface area contributed by atoms with Gasteiger partial charge in [-0.1, -0.05) is 13.3 Å². The van der Waals surface area contributed by atoms with Gasteiger partial charge < -0.3 is 5.73 Å². The summed E-state index contributed by atoms with van der Waals surface area (Å²) in [6.45, 7) is 2.38. The molecular weight excluding hydrogens is 158 g/mol. The molecule has 3 saturated carbocycles. The van der Waals surface area contributed by atoms with Crippen molar-refractivity contribution in [3.05, 3.63) is 0 Å². The minimum Gasteiger partial charge on any atom is -0.325 e. The summed E-state index contributed by atoms with van der Waals surface area (Å²) in [5, 5.41) is 0. The average Bonchev–Trinajstić information content (AvgIpc) is 2.84. The van der Waals surface area contributed by atoms with E-state index in [4.69, 9.17) is 5.73 Å². The lowest BCUT2D eigenvalue weighted by atomic mass is 9.55. The van der Waals surface area contributed by atoms with E-state index in [1.807, 2.05) is 0 Å². The van der Waals surface area contributed by atoms with Crippen molar-refractivity contribution in [3.8, 4) is 0 Å². The van der Waals surface area contributed by atoms with Crippen LogP contribution in [0.25, 0.3) is 0 Å². The van der Waals surface area contributed by atoms with Gasteiger partial charge in [-0.3, -0.25) is 0 Å². The van der Waals surface area contributed by atoms with E-state index in [9.17, 15) is 0 Å². The van der Waals surface area contributed by atoms with Crippen LogP contribution in [0, 0.1) is 10.8 Å². The molecule has 1 heteroatoms. The van der Waals surface area contributed by atoms with E-state index in [1.54, 1.807) is 0 Å². The molecule has 0 aromatic heterocycles. The molecule has 0 saturated heterocycles. The molecule has 74 valence electrons. The molecule has 0 bridgehead atoms. The standard InChI is InChI=1S/C12H21N/c1-2-10(4-3-5-10)11(6-7-11)12(13)8-9-12/h2-9,13H2,1H3. The van der Waals surface area contributed by atoms with Gasteiger partial charge in [-0.2, -0.15) is 0 Å². The third-order valence-corrected chi connectivity index (χ3v) is 5.49. The molecule has 0 unspecified atom stereocenters. The molecule has 2 N–H and O–H groups in total. The summed E-state index contributed by atoms with van der Waals surface area (Å²) in [7, 11) is 0.